The number of allylic oxidation sites excluding steroid dienone is 1. The van der Waals surface area contributed by atoms with Crippen LogP contribution in [0.15, 0.2) is 53.8 Å². The van der Waals surface area contributed by atoms with Crippen molar-refractivity contribution in [2.45, 2.75) is 27.4 Å². The molecule has 7 nitrogen and oxygen atoms in total. The van der Waals surface area contributed by atoms with Crippen LogP contribution in [0, 0.1) is 5.41 Å². The number of hydrogen-bond acceptors (Lipinski definition) is 5. The van der Waals surface area contributed by atoms with Gasteiger partial charge in [0.05, 0.1) is 5.69 Å². The first-order valence-corrected chi connectivity index (χ1v) is 8.74. The third-order valence-corrected chi connectivity index (χ3v) is 4.15. The largest absolute Gasteiger partial charge is 0.464 e. The van der Waals surface area contributed by atoms with Gasteiger partial charge in [0, 0.05) is 0 Å². The number of anilines is 1. The van der Waals surface area contributed by atoms with E-state index in [4.69, 9.17) is 4.74 Å². The molecule has 2 rings (SSSR count). The van der Waals surface area contributed by atoms with Gasteiger partial charge in [-0.25, -0.2) is 9.36 Å². The van der Waals surface area contributed by atoms with Crippen LogP contribution in [0.4, 0.5) is 10.5 Å². The number of pyridine rings is 1. The molecule has 0 amide bonds. The minimum atomic E-state index is -1.42. The third-order valence-electron chi connectivity index (χ3n) is 4.15. The molecule has 2 N–H and O–H groups in total. The van der Waals surface area contributed by atoms with E-state index in [2.05, 4.69) is 11.9 Å². The number of aromatic nitrogens is 1. The molecule has 0 spiro atoms. The summed E-state index contributed by atoms with van der Waals surface area (Å²) in [4.78, 5) is 36.1. The Morgan fingerprint density at radius 3 is 2.36 bits per heavy atom. The topological polar surface area (TPSA) is 97.6 Å². The lowest BCUT2D eigenvalue weighted by Crippen LogP contribution is -2.32. The molecule has 0 radical (unpaired) electrons. The molecule has 1 heterocycles. The number of carbonyl (C=O) groups is 2. The average molecular weight is 384 g/mol. The van der Waals surface area contributed by atoms with Crippen molar-refractivity contribution in [2.75, 3.05) is 11.9 Å². The first-order chi connectivity index (χ1) is 13.1. The molecule has 1 aromatic carbocycles. The van der Waals surface area contributed by atoms with E-state index in [0.29, 0.717) is 10.1 Å². The fraction of sp³-hybridized carbons (Fsp3) is 0.286. The van der Waals surface area contributed by atoms with Crippen molar-refractivity contribution in [3.05, 3.63) is 70.7 Å². The Kier molecular flexibility index (Phi) is 6.41. The van der Waals surface area contributed by atoms with Crippen molar-refractivity contribution in [1.82, 2.24) is 4.57 Å². The average Bonchev–Trinajstić information content (AvgIpc) is 2.64. The lowest BCUT2D eigenvalue weighted by atomic mass is 9.85. The highest BCUT2D eigenvalue weighted by Crippen LogP contribution is 2.31. The minimum absolute atomic E-state index is 0.00970. The molecule has 148 valence electrons. The molecule has 7 heteroatoms. The molecule has 1 aromatic heterocycles. The summed E-state index contributed by atoms with van der Waals surface area (Å²) in [6.07, 6.45) is -1.42. The molecule has 0 bridgehead atoms. The number of benzene rings is 1. The highest BCUT2D eigenvalue weighted by Gasteiger charge is 2.23. The number of esters is 1. The van der Waals surface area contributed by atoms with Crippen LogP contribution in [0.1, 0.15) is 32.0 Å². The van der Waals surface area contributed by atoms with Gasteiger partial charge in [-0.2, -0.15) is 0 Å². The highest BCUT2D eigenvalue weighted by atomic mass is 16.5. The minimum Gasteiger partial charge on any atom is -0.464 e. The molecule has 0 unspecified atom stereocenters. The van der Waals surface area contributed by atoms with Crippen molar-refractivity contribution in [3.8, 4) is 0 Å². The molecule has 28 heavy (non-hydrogen) atoms. The zero-order valence-electron chi connectivity index (χ0n) is 16.2. The second-order valence-corrected chi connectivity index (χ2v) is 7.28. The zero-order chi connectivity index (χ0) is 20.9. The Balaban J connectivity index is 2.13. The maximum absolute atomic E-state index is 12.6. The van der Waals surface area contributed by atoms with Gasteiger partial charge in [0.2, 0.25) is 0 Å². The highest BCUT2D eigenvalue weighted by molar-refractivity contribution is 5.79. The van der Waals surface area contributed by atoms with Crippen molar-refractivity contribution in [1.29, 1.82) is 0 Å². The molecular weight excluding hydrogens is 360 g/mol. The van der Waals surface area contributed by atoms with E-state index in [1.54, 1.807) is 0 Å². The molecular formula is C21H24N2O5. The molecule has 0 saturated carbocycles. The lowest BCUT2D eigenvalue weighted by molar-refractivity contribution is -0.142. The SMILES string of the molecule is C=C(c1ccc(NCC(=O)OCc2ccccc2)c(=O)n1C(=O)O)C(C)(C)C. The van der Waals surface area contributed by atoms with Crippen LogP contribution >= 0.6 is 0 Å². The first-order valence-electron chi connectivity index (χ1n) is 8.74. The van der Waals surface area contributed by atoms with E-state index in [1.807, 2.05) is 51.1 Å². The number of nitrogens with one attached hydrogen (secondary N) is 1. The summed E-state index contributed by atoms with van der Waals surface area (Å²) in [7, 11) is 0. The Morgan fingerprint density at radius 2 is 1.79 bits per heavy atom. The number of rotatable bonds is 6. The van der Waals surface area contributed by atoms with Crippen LogP contribution in [0.25, 0.3) is 5.57 Å². The number of ether oxygens (including phenoxy) is 1. The second kappa shape index (κ2) is 8.56. The predicted octanol–water partition coefficient (Wildman–Crippen LogP) is 3.59. The van der Waals surface area contributed by atoms with Gasteiger partial charge >= 0.3 is 12.1 Å². The summed E-state index contributed by atoms with van der Waals surface area (Å²) in [6, 6.07) is 12.1. The van der Waals surface area contributed by atoms with Crippen molar-refractivity contribution >= 4 is 23.3 Å². The second-order valence-electron chi connectivity index (χ2n) is 7.28. The summed E-state index contributed by atoms with van der Waals surface area (Å²) in [6.45, 7) is 9.40. The molecule has 0 aliphatic carbocycles. The summed E-state index contributed by atoms with van der Waals surface area (Å²) in [5.41, 5.74) is 0.368. The molecule has 0 atom stereocenters. The zero-order valence-corrected chi connectivity index (χ0v) is 16.2. The molecule has 0 saturated heterocycles. The van der Waals surface area contributed by atoms with Crippen LogP contribution in [-0.2, 0) is 16.1 Å². The van der Waals surface area contributed by atoms with Crippen molar-refractivity contribution < 1.29 is 19.4 Å². The first kappa shape index (κ1) is 21.0. The Bertz CT molecular complexity index is 940. The van der Waals surface area contributed by atoms with Crippen LogP contribution in [0.2, 0.25) is 0 Å². The van der Waals surface area contributed by atoms with Crippen LogP contribution in [0.5, 0.6) is 0 Å². The molecule has 0 aliphatic heterocycles. The Hall–Kier alpha value is -3.35. The summed E-state index contributed by atoms with van der Waals surface area (Å²) in [5, 5.41) is 12.1. The number of carbonyl (C=O) groups excluding carboxylic acids is 1. The van der Waals surface area contributed by atoms with Crippen molar-refractivity contribution in [3.63, 3.8) is 0 Å². The summed E-state index contributed by atoms with van der Waals surface area (Å²) in [5.74, 6) is -0.562. The Morgan fingerprint density at radius 1 is 1.14 bits per heavy atom. The smallest absolute Gasteiger partial charge is 0.419 e. The van der Waals surface area contributed by atoms with E-state index in [1.165, 1.54) is 12.1 Å². The molecule has 0 fully saturated rings. The maximum Gasteiger partial charge on any atom is 0.419 e. The van der Waals surface area contributed by atoms with Gasteiger partial charge in [0.1, 0.15) is 18.8 Å². The maximum atomic E-state index is 12.6. The standard InChI is InChI=1S/C21H24N2O5/c1-14(21(2,3)4)17-11-10-16(19(25)23(17)20(26)27)22-12-18(24)28-13-15-8-6-5-7-9-15/h5-11,22H,1,12-13H2,2-4H3,(H,26,27). The molecule has 2 aromatic rings. The van der Waals surface area contributed by atoms with Gasteiger partial charge in [-0.15, -0.1) is 0 Å². The predicted molar refractivity (Wildman–Crippen MR) is 107 cm³/mol. The van der Waals surface area contributed by atoms with Crippen LogP contribution in [-0.4, -0.2) is 28.3 Å². The summed E-state index contributed by atoms with van der Waals surface area (Å²) >= 11 is 0. The van der Waals surface area contributed by atoms with E-state index < -0.39 is 23.0 Å². The fourth-order valence-corrected chi connectivity index (χ4v) is 2.44. The van der Waals surface area contributed by atoms with E-state index >= 15 is 0 Å². The van der Waals surface area contributed by atoms with E-state index in [0.717, 1.165) is 5.56 Å². The van der Waals surface area contributed by atoms with Crippen LogP contribution in [0.3, 0.4) is 0 Å². The van der Waals surface area contributed by atoms with E-state index in [-0.39, 0.29) is 24.5 Å². The monoisotopic (exact) mass is 384 g/mol. The number of hydrogen-bond donors (Lipinski definition) is 2. The van der Waals surface area contributed by atoms with Gasteiger partial charge in [0.25, 0.3) is 5.56 Å². The van der Waals surface area contributed by atoms with Gasteiger partial charge in [-0.3, -0.25) is 9.59 Å². The van der Waals surface area contributed by atoms with Gasteiger partial charge in [0.15, 0.2) is 0 Å². The van der Waals surface area contributed by atoms with Gasteiger partial charge < -0.3 is 15.2 Å². The fourth-order valence-electron chi connectivity index (χ4n) is 2.44. The van der Waals surface area contributed by atoms with Gasteiger partial charge in [-0.05, 0) is 28.7 Å². The number of carboxylic acid groups (broad SMARTS) is 1. The normalized spacial score (nSPS) is 11.0. The third kappa shape index (κ3) is 5.09. The number of nitrogens with zero attached hydrogens (tertiary/aromatic N) is 1. The lowest BCUT2D eigenvalue weighted by Gasteiger charge is -2.23. The quantitative estimate of drug-likeness (QED) is 0.739. The Labute approximate surface area is 163 Å². The van der Waals surface area contributed by atoms with Crippen LogP contribution < -0.4 is 10.9 Å². The summed E-state index contributed by atoms with van der Waals surface area (Å²) < 4.78 is 5.76. The van der Waals surface area contributed by atoms with Crippen molar-refractivity contribution in [2.24, 2.45) is 5.41 Å². The van der Waals surface area contributed by atoms with E-state index in [9.17, 15) is 19.5 Å². The molecule has 0 aliphatic rings. The van der Waals surface area contributed by atoms with Gasteiger partial charge in [-0.1, -0.05) is 57.7 Å².